The van der Waals surface area contributed by atoms with Gasteiger partial charge in [-0.25, -0.2) is 19.6 Å². The quantitative estimate of drug-likeness (QED) is 0.150. The number of carboxylic acids is 1. The van der Waals surface area contributed by atoms with Crippen LogP contribution in [0.25, 0.3) is 22.3 Å². The first-order valence-electron chi connectivity index (χ1n) is 19.2. The SMILES string of the molecule is C=C[C@@H]1C[C@]1(NC(=O)[C@H]1C[C@@H](Oc2cc(-c3csc(NC(=O)CC(C)(C)C)n3)nc3cc(OC)ccc23)CN1C(=O)[C@@H](NC(=O)OC1CCC1)C(C)(C)C)C(=O)O. The molecule has 4 amide bonds. The van der Waals surface area contributed by atoms with Crippen LogP contribution in [0.5, 0.6) is 11.5 Å². The second kappa shape index (κ2) is 15.9. The zero-order valence-corrected chi connectivity index (χ0v) is 34.3. The Balaban J connectivity index is 1.31. The first-order chi connectivity index (χ1) is 26.8. The van der Waals surface area contributed by atoms with E-state index in [1.165, 1.54) is 22.3 Å². The number of benzene rings is 1. The number of alkyl carbamates (subject to hydrolysis) is 1. The molecule has 2 aliphatic carbocycles. The fraction of sp³-hybridized carbons (Fsp3) is 0.537. The second-order valence-electron chi connectivity index (χ2n) is 17.4. The minimum absolute atomic E-state index is 0.0192. The largest absolute Gasteiger partial charge is 0.497 e. The van der Waals surface area contributed by atoms with E-state index >= 15 is 0 Å². The number of ether oxygens (including phenoxy) is 3. The maximum atomic E-state index is 14.5. The predicted octanol–water partition coefficient (Wildman–Crippen LogP) is 5.93. The maximum absolute atomic E-state index is 14.5. The van der Waals surface area contributed by atoms with Gasteiger partial charge in [0.1, 0.15) is 47.0 Å². The van der Waals surface area contributed by atoms with Gasteiger partial charge in [-0.3, -0.25) is 14.4 Å². The number of thiazole rings is 1. The number of pyridine rings is 1. The number of likely N-dealkylation sites (tertiary alicyclic amines) is 1. The van der Waals surface area contributed by atoms with E-state index in [9.17, 15) is 29.1 Å². The third kappa shape index (κ3) is 9.32. The maximum Gasteiger partial charge on any atom is 0.408 e. The fourth-order valence-electron chi connectivity index (χ4n) is 7.11. The van der Waals surface area contributed by atoms with Gasteiger partial charge >= 0.3 is 12.1 Å². The van der Waals surface area contributed by atoms with E-state index in [1.807, 2.05) is 20.8 Å². The van der Waals surface area contributed by atoms with Crippen LogP contribution in [0.2, 0.25) is 0 Å². The summed E-state index contributed by atoms with van der Waals surface area (Å²) in [5, 5.41) is 21.2. The molecule has 15 nitrogen and oxygen atoms in total. The van der Waals surface area contributed by atoms with Crippen molar-refractivity contribution in [3.63, 3.8) is 0 Å². The Morgan fingerprint density at radius 2 is 1.81 bits per heavy atom. The molecular weight excluding hydrogens is 753 g/mol. The molecule has 57 heavy (non-hydrogen) atoms. The van der Waals surface area contributed by atoms with Crippen molar-refractivity contribution in [3.05, 3.63) is 42.3 Å². The summed E-state index contributed by atoms with van der Waals surface area (Å²) in [4.78, 5) is 77.5. The molecule has 0 radical (unpaired) electrons. The molecule has 4 N–H and O–H groups in total. The highest BCUT2D eigenvalue weighted by Gasteiger charge is 2.61. The van der Waals surface area contributed by atoms with Crippen molar-refractivity contribution < 1.29 is 43.3 Å². The Labute approximate surface area is 335 Å². The van der Waals surface area contributed by atoms with Gasteiger partial charge in [0.2, 0.25) is 17.7 Å². The lowest BCUT2D eigenvalue weighted by Gasteiger charge is -2.36. The monoisotopic (exact) mass is 804 g/mol. The highest BCUT2D eigenvalue weighted by molar-refractivity contribution is 7.14. The summed E-state index contributed by atoms with van der Waals surface area (Å²) in [5.41, 5.74) is -1.06. The zero-order valence-electron chi connectivity index (χ0n) is 33.5. The van der Waals surface area contributed by atoms with Crippen molar-refractivity contribution in [3.8, 4) is 22.9 Å². The summed E-state index contributed by atoms with van der Waals surface area (Å²) in [5.74, 6) is -2.05. The number of hydrogen-bond acceptors (Lipinski definition) is 11. The minimum Gasteiger partial charge on any atom is -0.497 e. The lowest BCUT2D eigenvalue weighted by molar-refractivity contribution is -0.146. The number of amides is 4. The molecule has 6 rings (SSSR count). The van der Waals surface area contributed by atoms with Crippen LogP contribution in [0.3, 0.4) is 0 Å². The average molecular weight is 805 g/mol. The van der Waals surface area contributed by atoms with E-state index in [0.29, 0.717) is 45.3 Å². The number of rotatable bonds is 13. The molecule has 306 valence electrons. The highest BCUT2D eigenvalue weighted by Crippen LogP contribution is 2.45. The third-order valence-corrected chi connectivity index (χ3v) is 11.3. The van der Waals surface area contributed by atoms with Crippen molar-refractivity contribution in [2.75, 3.05) is 19.0 Å². The Kier molecular flexibility index (Phi) is 11.6. The first-order valence-corrected chi connectivity index (χ1v) is 20.0. The van der Waals surface area contributed by atoms with Gasteiger partial charge in [-0.05, 0) is 48.6 Å². The van der Waals surface area contributed by atoms with Gasteiger partial charge < -0.3 is 40.2 Å². The van der Waals surface area contributed by atoms with Gasteiger partial charge in [-0.1, -0.05) is 47.6 Å². The zero-order chi connectivity index (χ0) is 41.4. The number of aliphatic carboxylic acids is 1. The summed E-state index contributed by atoms with van der Waals surface area (Å²) in [6.07, 6.45) is 2.79. The van der Waals surface area contributed by atoms with Crippen LogP contribution in [0.4, 0.5) is 9.93 Å². The van der Waals surface area contributed by atoms with E-state index < -0.39 is 58.9 Å². The van der Waals surface area contributed by atoms with Gasteiger partial charge in [0.15, 0.2) is 5.13 Å². The van der Waals surface area contributed by atoms with Crippen LogP contribution in [0.1, 0.15) is 80.1 Å². The molecule has 16 heteroatoms. The van der Waals surface area contributed by atoms with Crippen LogP contribution in [0.15, 0.2) is 42.3 Å². The molecule has 2 saturated carbocycles. The number of carbonyl (C=O) groups excluding carboxylic acids is 4. The van der Waals surface area contributed by atoms with Crippen LogP contribution in [-0.4, -0.2) is 93.2 Å². The van der Waals surface area contributed by atoms with E-state index in [2.05, 4.69) is 27.5 Å². The Bertz CT molecular complexity index is 2070. The number of carboxylic acid groups (broad SMARTS) is 1. The molecule has 0 spiro atoms. The van der Waals surface area contributed by atoms with Crippen molar-refractivity contribution in [2.45, 2.75) is 110 Å². The van der Waals surface area contributed by atoms with Crippen LogP contribution < -0.4 is 25.4 Å². The number of nitrogens with zero attached hydrogens (tertiary/aromatic N) is 3. The molecular formula is C41H52N6O9S. The Morgan fingerprint density at radius 1 is 1.07 bits per heavy atom. The molecule has 3 fully saturated rings. The predicted molar refractivity (Wildman–Crippen MR) is 214 cm³/mol. The summed E-state index contributed by atoms with van der Waals surface area (Å²) in [6.45, 7) is 15.0. The van der Waals surface area contributed by atoms with Gasteiger partial charge in [-0.2, -0.15) is 0 Å². The van der Waals surface area contributed by atoms with Crippen LogP contribution >= 0.6 is 11.3 Å². The average Bonchev–Trinajstić information content (AvgIpc) is 3.39. The molecule has 3 aliphatic rings. The highest BCUT2D eigenvalue weighted by atomic mass is 32.1. The lowest BCUT2D eigenvalue weighted by Crippen LogP contribution is -2.59. The van der Waals surface area contributed by atoms with Crippen LogP contribution in [0, 0.1) is 16.7 Å². The van der Waals surface area contributed by atoms with Gasteiger partial charge in [-0.15, -0.1) is 17.9 Å². The van der Waals surface area contributed by atoms with Gasteiger partial charge in [0, 0.05) is 41.7 Å². The minimum atomic E-state index is -1.53. The number of anilines is 1. The standard InChI is InChI=1S/C41H52N6O9S/c1-9-22-18-41(22,36(51)52)46-34(49)30-16-25(20-47(30)35(50)33(40(5,6)7)45-38(53)56-23-11-10-12-23)55-31-17-28(42-27-15-24(54-8)13-14-26(27)31)29-21-57-37(43-29)44-32(48)19-39(2,3)4/h9,13-15,17,21-23,25,30,33H,1,10-12,16,18-20H2,2-8H3,(H,45,53)(H,46,49)(H,51,52)(H,43,44,48)/t22-,25-,30-,33-,41-/m1/s1. The first kappa shape index (κ1) is 41.4. The summed E-state index contributed by atoms with van der Waals surface area (Å²) >= 11 is 1.26. The fourth-order valence-corrected chi connectivity index (χ4v) is 7.83. The number of carbonyl (C=O) groups is 5. The van der Waals surface area contributed by atoms with E-state index in [0.717, 1.165) is 19.3 Å². The molecule has 2 aromatic heterocycles. The van der Waals surface area contributed by atoms with Crippen LogP contribution in [-0.2, 0) is 23.9 Å². The van der Waals surface area contributed by atoms with E-state index in [4.69, 9.17) is 19.2 Å². The third-order valence-electron chi connectivity index (χ3n) is 10.6. The van der Waals surface area contributed by atoms with E-state index in [1.54, 1.807) is 57.5 Å². The molecule has 0 bridgehead atoms. The summed E-state index contributed by atoms with van der Waals surface area (Å²) < 4.78 is 17.7. The molecule has 1 aliphatic heterocycles. The topological polar surface area (TPSA) is 198 Å². The van der Waals surface area contributed by atoms with Crippen molar-refractivity contribution in [1.82, 2.24) is 25.5 Å². The molecule has 0 unspecified atom stereocenters. The second-order valence-corrected chi connectivity index (χ2v) is 18.3. The molecule has 1 saturated heterocycles. The molecule has 3 aromatic rings. The van der Waals surface area contributed by atoms with Gasteiger partial charge in [0.05, 0.1) is 24.9 Å². The number of methoxy groups -OCH3 is 1. The number of fused-ring (bicyclic) bond motifs is 1. The lowest BCUT2D eigenvalue weighted by atomic mass is 9.85. The number of hydrogen-bond donors (Lipinski definition) is 4. The number of nitrogens with one attached hydrogen (secondary N) is 3. The normalized spacial score (nSPS) is 22.5. The molecule has 5 atom stereocenters. The Hall–Kier alpha value is -5.25. The summed E-state index contributed by atoms with van der Waals surface area (Å²) in [6, 6.07) is 4.82. The van der Waals surface area contributed by atoms with Crippen molar-refractivity contribution in [2.24, 2.45) is 16.7 Å². The number of aromatic nitrogens is 2. The van der Waals surface area contributed by atoms with E-state index in [-0.39, 0.29) is 36.8 Å². The molecule has 3 heterocycles. The smallest absolute Gasteiger partial charge is 0.408 e. The van der Waals surface area contributed by atoms with Crippen molar-refractivity contribution >= 4 is 57.2 Å². The molecule has 1 aromatic carbocycles. The van der Waals surface area contributed by atoms with Crippen molar-refractivity contribution in [1.29, 1.82) is 0 Å². The van der Waals surface area contributed by atoms with Gasteiger partial charge in [0.25, 0.3) is 0 Å². The Morgan fingerprint density at radius 3 is 2.40 bits per heavy atom. The summed E-state index contributed by atoms with van der Waals surface area (Å²) in [7, 11) is 1.55.